The van der Waals surface area contributed by atoms with E-state index in [2.05, 4.69) is 0 Å². The lowest BCUT2D eigenvalue weighted by atomic mass is 9.98. The molecule has 0 spiro atoms. The van der Waals surface area contributed by atoms with E-state index in [0.29, 0.717) is 11.3 Å². The molecule has 1 aliphatic rings. The van der Waals surface area contributed by atoms with Gasteiger partial charge in [0.1, 0.15) is 17.1 Å². The van der Waals surface area contributed by atoms with E-state index in [-0.39, 0.29) is 34.5 Å². The summed E-state index contributed by atoms with van der Waals surface area (Å²) in [4.78, 5) is 39.2. The molecule has 0 saturated heterocycles. The summed E-state index contributed by atoms with van der Waals surface area (Å²) in [5.74, 6) is -0.675. The first kappa shape index (κ1) is 21.3. The van der Waals surface area contributed by atoms with Gasteiger partial charge >= 0.3 is 0 Å². The van der Waals surface area contributed by atoms with Crippen LogP contribution in [0.2, 0.25) is 0 Å². The van der Waals surface area contributed by atoms with Crippen molar-refractivity contribution >= 4 is 22.6 Å². The van der Waals surface area contributed by atoms with Crippen molar-refractivity contribution in [1.29, 1.82) is 0 Å². The Labute approximate surface area is 192 Å². The lowest BCUT2D eigenvalue weighted by Crippen LogP contribution is -2.29. The zero-order valence-electron chi connectivity index (χ0n) is 17.9. The number of non-ortho nitro benzene ring substituents is 1. The minimum absolute atomic E-state index is 0.00622. The van der Waals surface area contributed by atoms with Crippen molar-refractivity contribution in [3.63, 3.8) is 0 Å². The van der Waals surface area contributed by atoms with Crippen LogP contribution in [0.3, 0.4) is 0 Å². The van der Waals surface area contributed by atoms with Gasteiger partial charge in [0, 0.05) is 18.7 Å². The number of nitro benzene ring substituents is 1. The minimum atomic E-state index is -0.951. The Morgan fingerprint density at radius 1 is 1.09 bits per heavy atom. The Balaban J connectivity index is 1.71. The van der Waals surface area contributed by atoms with Gasteiger partial charge in [0.15, 0.2) is 5.43 Å². The first-order chi connectivity index (χ1) is 16.4. The number of nitrogens with zero attached hydrogens (tertiary/aromatic N) is 2. The zero-order chi connectivity index (χ0) is 24.0. The number of hydrogen-bond donors (Lipinski definition) is 0. The summed E-state index contributed by atoms with van der Waals surface area (Å²) < 4.78 is 24.8. The summed E-state index contributed by atoms with van der Waals surface area (Å²) in [5, 5.41) is 11.4. The lowest BCUT2D eigenvalue weighted by molar-refractivity contribution is -0.384. The van der Waals surface area contributed by atoms with Crippen molar-refractivity contribution in [2.45, 2.75) is 12.6 Å². The molecule has 1 unspecified atom stereocenters. The fourth-order valence-electron chi connectivity index (χ4n) is 4.24. The molecule has 3 aromatic carbocycles. The molecule has 0 saturated carbocycles. The number of halogens is 1. The summed E-state index contributed by atoms with van der Waals surface area (Å²) in [7, 11) is 1.54. The molecule has 8 nitrogen and oxygen atoms in total. The standard InChI is InChI=1S/C25H17FN2O6/c1-33-18-8-5-14(6-9-18)13-27-22(15-3-2-4-17(11-15)28(31)32)21-23(29)19-12-16(26)7-10-20(19)34-24(21)25(27)30/h2-12,22H,13H2,1H3. The van der Waals surface area contributed by atoms with Crippen LogP contribution in [-0.2, 0) is 6.54 Å². The van der Waals surface area contributed by atoms with Crippen LogP contribution in [-0.4, -0.2) is 22.8 Å². The quantitative estimate of drug-likeness (QED) is 0.319. The SMILES string of the molecule is COc1ccc(CN2C(=O)c3oc4ccc(F)cc4c(=O)c3C2c2cccc([N+](=O)[O-])c2)cc1. The second-order valence-corrected chi connectivity index (χ2v) is 7.85. The van der Waals surface area contributed by atoms with Gasteiger partial charge in [0.25, 0.3) is 11.6 Å². The van der Waals surface area contributed by atoms with E-state index in [0.717, 1.165) is 17.7 Å². The second kappa shape index (κ2) is 8.11. The normalized spacial score (nSPS) is 14.9. The van der Waals surface area contributed by atoms with Gasteiger partial charge in [0.2, 0.25) is 5.76 Å². The van der Waals surface area contributed by atoms with E-state index in [4.69, 9.17) is 9.15 Å². The Kier molecular flexibility index (Phi) is 5.09. The number of methoxy groups -OCH3 is 1. The molecule has 5 rings (SSSR count). The van der Waals surface area contributed by atoms with Crippen LogP contribution >= 0.6 is 0 Å². The van der Waals surface area contributed by atoms with Crippen molar-refractivity contribution in [2.75, 3.05) is 7.11 Å². The topological polar surface area (TPSA) is 103 Å². The summed E-state index contributed by atoms with van der Waals surface area (Å²) >= 11 is 0. The molecular formula is C25H17FN2O6. The van der Waals surface area contributed by atoms with Crippen molar-refractivity contribution in [3.05, 3.63) is 115 Å². The highest BCUT2D eigenvalue weighted by Crippen LogP contribution is 2.40. The van der Waals surface area contributed by atoms with Crippen LogP contribution in [0.5, 0.6) is 5.75 Å². The molecule has 0 bridgehead atoms. The Morgan fingerprint density at radius 3 is 2.56 bits per heavy atom. The van der Waals surface area contributed by atoms with Gasteiger partial charge in [-0.15, -0.1) is 0 Å². The number of amides is 1. The van der Waals surface area contributed by atoms with Gasteiger partial charge in [0.05, 0.1) is 29.0 Å². The van der Waals surface area contributed by atoms with E-state index in [1.54, 1.807) is 37.4 Å². The fourth-order valence-corrected chi connectivity index (χ4v) is 4.24. The summed E-state index contributed by atoms with van der Waals surface area (Å²) in [5.41, 5.74) is 0.495. The number of nitro groups is 1. The Hall–Kier alpha value is -4.53. The van der Waals surface area contributed by atoms with Gasteiger partial charge in [-0.3, -0.25) is 19.7 Å². The number of carbonyl (C=O) groups is 1. The maximum Gasteiger partial charge on any atom is 0.291 e. The largest absolute Gasteiger partial charge is 0.497 e. The van der Waals surface area contributed by atoms with Crippen molar-refractivity contribution in [1.82, 2.24) is 4.90 Å². The number of ether oxygens (including phenoxy) is 1. The first-order valence-corrected chi connectivity index (χ1v) is 10.3. The van der Waals surface area contributed by atoms with Gasteiger partial charge < -0.3 is 14.1 Å². The number of rotatable bonds is 5. The first-order valence-electron chi connectivity index (χ1n) is 10.3. The molecule has 0 aliphatic carbocycles. The summed E-state index contributed by atoms with van der Waals surface area (Å²) in [6.45, 7) is 0.102. The Morgan fingerprint density at radius 2 is 1.85 bits per heavy atom. The summed E-state index contributed by atoms with van der Waals surface area (Å²) in [6.07, 6.45) is 0. The molecular weight excluding hydrogens is 443 g/mol. The van der Waals surface area contributed by atoms with E-state index < -0.39 is 28.1 Å². The molecule has 0 radical (unpaired) electrons. The maximum absolute atomic E-state index is 13.9. The van der Waals surface area contributed by atoms with Gasteiger partial charge in [-0.2, -0.15) is 0 Å². The molecule has 2 heterocycles. The molecule has 170 valence electrons. The molecule has 1 atom stereocenters. The zero-order valence-corrected chi connectivity index (χ0v) is 17.9. The molecule has 34 heavy (non-hydrogen) atoms. The molecule has 4 aromatic rings. The number of benzene rings is 3. The van der Waals surface area contributed by atoms with Crippen molar-refractivity contribution < 1.29 is 23.3 Å². The van der Waals surface area contributed by atoms with E-state index >= 15 is 0 Å². The van der Waals surface area contributed by atoms with Crippen LogP contribution < -0.4 is 10.2 Å². The maximum atomic E-state index is 13.9. The van der Waals surface area contributed by atoms with Crippen molar-refractivity contribution in [2.24, 2.45) is 0 Å². The third kappa shape index (κ3) is 3.47. The van der Waals surface area contributed by atoms with E-state index in [1.807, 2.05) is 0 Å². The van der Waals surface area contributed by atoms with Gasteiger partial charge in [-0.05, 0) is 41.5 Å². The molecule has 1 aromatic heterocycles. The monoisotopic (exact) mass is 460 g/mol. The van der Waals surface area contributed by atoms with Crippen LogP contribution in [0.4, 0.5) is 10.1 Å². The van der Waals surface area contributed by atoms with Crippen molar-refractivity contribution in [3.8, 4) is 5.75 Å². The predicted molar refractivity (Wildman–Crippen MR) is 120 cm³/mol. The van der Waals surface area contributed by atoms with Gasteiger partial charge in [-0.1, -0.05) is 24.3 Å². The van der Waals surface area contributed by atoms with Gasteiger partial charge in [-0.25, -0.2) is 4.39 Å². The number of fused-ring (bicyclic) bond motifs is 2. The average molecular weight is 460 g/mol. The highest BCUT2D eigenvalue weighted by molar-refractivity contribution is 5.99. The molecule has 1 aliphatic heterocycles. The highest BCUT2D eigenvalue weighted by atomic mass is 19.1. The molecule has 0 fully saturated rings. The molecule has 9 heteroatoms. The Bertz CT molecular complexity index is 1510. The fraction of sp³-hybridized carbons (Fsp3) is 0.120. The van der Waals surface area contributed by atoms with E-state index in [9.17, 15) is 24.1 Å². The number of carbonyl (C=O) groups excluding carboxylic acids is 1. The third-order valence-corrected chi connectivity index (χ3v) is 5.84. The third-order valence-electron chi connectivity index (χ3n) is 5.84. The smallest absolute Gasteiger partial charge is 0.291 e. The number of hydrogen-bond acceptors (Lipinski definition) is 6. The second-order valence-electron chi connectivity index (χ2n) is 7.85. The summed E-state index contributed by atoms with van der Waals surface area (Å²) in [6, 6.07) is 15.3. The lowest BCUT2D eigenvalue weighted by Gasteiger charge is -2.25. The molecule has 0 N–H and O–H groups in total. The van der Waals surface area contributed by atoms with Crippen LogP contribution in [0, 0.1) is 15.9 Å². The molecule has 1 amide bonds. The highest BCUT2D eigenvalue weighted by Gasteiger charge is 2.43. The van der Waals surface area contributed by atoms with Crippen LogP contribution in [0.25, 0.3) is 11.0 Å². The minimum Gasteiger partial charge on any atom is -0.497 e. The van der Waals surface area contributed by atoms with E-state index in [1.165, 1.54) is 29.2 Å². The predicted octanol–water partition coefficient (Wildman–Crippen LogP) is 4.59. The average Bonchev–Trinajstić information content (AvgIpc) is 3.12. The van der Waals surface area contributed by atoms with Crippen LogP contribution in [0.1, 0.15) is 33.3 Å². The van der Waals surface area contributed by atoms with Crippen LogP contribution in [0.15, 0.2) is 75.9 Å².